The second kappa shape index (κ2) is 15.9. The Labute approximate surface area is 274 Å². The van der Waals surface area contributed by atoms with E-state index in [0.717, 1.165) is 38.8 Å². The van der Waals surface area contributed by atoms with Gasteiger partial charge in [0, 0.05) is 31.6 Å². The molecule has 0 spiro atoms. The van der Waals surface area contributed by atoms with Crippen LogP contribution in [0.15, 0.2) is 30.3 Å². The fraction of sp³-hybridized carbons (Fsp3) is 0.842. The molecule has 1 unspecified atom stereocenters. The van der Waals surface area contributed by atoms with Gasteiger partial charge >= 0.3 is 0 Å². The zero-order valence-electron chi connectivity index (χ0n) is 29.0. The van der Waals surface area contributed by atoms with Gasteiger partial charge in [-0.1, -0.05) is 51.1 Å². The molecule has 11 atom stereocenters. The van der Waals surface area contributed by atoms with E-state index in [4.69, 9.17) is 31.4 Å². The number of hydrogen-bond donors (Lipinski definition) is 3. The number of fused-ring (bicyclic) bond motifs is 5. The SMILES string of the molecule is C[C@@H](CCCN(C)Cc1ccccc1)[C@H]1CC[C@H]2[C@@H]3[C@H](OCCN)C[C@@H]4CC(OCCN)CC[C@]4(C)[C@H]3C[C@H](OCCN)[C@]12C. The fourth-order valence-electron chi connectivity index (χ4n) is 11.2. The van der Waals surface area contributed by atoms with E-state index < -0.39 is 0 Å². The summed E-state index contributed by atoms with van der Waals surface area (Å²) in [6.07, 6.45) is 11.7. The molecule has 4 saturated carbocycles. The van der Waals surface area contributed by atoms with Gasteiger partial charge in [-0.05, 0) is 118 Å². The topological polar surface area (TPSA) is 109 Å². The molecule has 7 heteroatoms. The zero-order valence-corrected chi connectivity index (χ0v) is 29.0. The van der Waals surface area contributed by atoms with Crippen molar-refractivity contribution in [1.29, 1.82) is 0 Å². The molecule has 4 aliphatic carbocycles. The highest BCUT2D eigenvalue weighted by Crippen LogP contribution is 2.69. The van der Waals surface area contributed by atoms with Crippen LogP contribution in [0.5, 0.6) is 0 Å². The Morgan fingerprint density at radius 3 is 2.31 bits per heavy atom. The van der Waals surface area contributed by atoms with E-state index in [2.05, 4.69) is 63.1 Å². The first kappa shape index (κ1) is 35.3. The van der Waals surface area contributed by atoms with Crippen LogP contribution in [-0.2, 0) is 20.8 Å². The Morgan fingerprint density at radius 1 is 0.867 bits per heavy atom. The van der Waals surface area contributed by atoms with Gasteiger partial charge < -0.3 is 36.3 Å². The first-order chi connectivity index (χ1) is 21.8. The standard InChI is InChI=1S/C38H66N4O3/c1-27(9-8-19-42(4)26-28-10-6-5-7-11-28)31-12-13-32-36-33(25-35(38(31,32)3)45-22-18-41)37(2)15-14-30(43-20-16-39)23-29(37)24-34(36)44-21-17-40/h5-7,10-11,27,29-36H,8-9,12-26,39-41H2,1-4H3/t27-,29-,30?,31+,32-,33-,34+,35-,36-,37-,38+/m0/s1. The minimum Gasteiger partial charge on any atom is -0.377 e. The second-order valence-corrected chi connectivity index (χ2v) is 15.8. The third-order valence-electron chi connectivity index (χ3n) is 13.3. The maximum Gasteiger partial charge on any atom is 0.0637 e. The lowest BCUT2D eigenvalue weighted by atomic mass is 9.43. The van der Waals surface area contributed by atoms with Gasteiger partial charge in [0.05, 0.1) is 38.1 Å². The van der Waals surface area contributed by atoms with Crippen LogP contribution in [0.3, 0.4) is 0 Å². The van der Waals surface area contributed by atoms with E-state index >= 15 is 0 Å². The van der Waals surface area contributed by atoms with E-state index in [0.29, 0.717) is 81.1 Å². The third kappa shape index (κ3) is 7.50. The average molecular weight is 627 g/mol. The van der Waals surface area contributed by atoms with Crippen molar-refractivity contribution in [1.82, 2.24) is 4.90 Å². The van der Waals surface area contributed by atoms with Crippen molar-refractivity contribution in [2.45, 2.75) is 103 Å². The molecule has 45 heavy (non-hydrogen) atoms. The molecule has 1 aromatic carbocycles. The number of benzene rings is 1. The fourth-order valence-corrected chi connectivity index (χ4v) is 11.2. The molecule has 0 bridgehead atoms. The number of rotatable bonds is 16. The summed E-state index contributed by atoms with van der Waals surface area (Å²) >= 11 is 0. The lowest BCUT2D eigenvalue weighted by Crippen LogP contribution is -2.63. The molecule has 5 rings (SSSR count). The summed E-state index contributed by atoms with van der Waals surface area (Å²) in [4.78, 5) is 2.48. The summed E-state index contributed by atoms with van der Waals surface area (Å²) < 4.78 is 19.9. The molecule has 0 radical (unpaired) electrons. The van der Waals surface area contributed by atoms with Gasteiger partial charge in [-0.3, -0.25) is 0 Å². The van der Waals surface area contributed by atoms with Crippen molar-refractivity contribution in [3.05, 3.63) is 35.9 Å². The monoisotopic (exact) mass is 627 g/mol. The van der Waals surface area contributed by atoms with Crippen molar-refractivity contribution in [3.63, 3.8) is 0 Å². The Hall–Kier alpha value is -1.06. The largest absolute Gasteiger partial charge is 0.377 e. The van der Waals surface area contributed by atoms with Crippen molar-refractivity contribution < 1.29 is 14.2 Å². The maximum atomic E-state index is 6.87. The molecule has 6 N–H and O–H groups in total. The third-order valence-corrected chi connectivity index (χ3v) is 13.3. The van der Waals surface area contributed by atoms with Crippen LogP contribution in [0.2, 0.25) is 0 Å². The molecular formula is C38H66N4O3. The highest BCUT2D eigenvalue weighted by atomic mass is 16.5. The summed E-state index contributed by atoms with van der Waals surface area (Å²) in [5.41, 5.74) is 19.7. The molecule has 4 aliphatic rings. The second-order valence-electron chi connectivity index (χ2n) is 15.8. The molecule has 0 heterocycles. The molecule has 7 nitrogen and oxygen atoms in total. The van der Waals surface area contributed by atoms with Crippen molar-refractivity contribution in [2.24, 2.45) is 63.5 Å². The lowest BCUT2D eigenvalue weighted by Gasteiger charge is -2.64. The van der Waals surface area contributed by atoms with Crippen molar-refractivity contribution in [2.75, 3.05) is 53.0 Å². The first-order valence-electron chi connectivity index (χ1n) is 18.4. The number of hydrogen-bond acceptors (Lipinski definition) is 7. The summed E-state index contributed by atoms with van der Waals surface area (Å²) in [5, 5.41) is 0. The van der Waals surface area contributed by atoms with Gasteiger partial charge in [0.1, 0.15) is 0 Å². The number of nitrogens with zero attached hydrogens (tertiary/aromatic N) is 1. The molecular weight excluding hydrogens is 560 g/mol. The lowest BCUT2D eigenvalue weighted by molar-refractivity contribution is -0.226. The molecule has 0 amide bonds. The average Bonchev–Trinajstić information content (AvgIpc) is 3.40. The quantitative estimate of drug-likeness (QED) is 0.224. The van der Waals surface area contributed by atoms with E-state index in [9.17, 15) is 0 Å². The van der Waals surface area contributed by atoms with Crippen LogP contribution in [-0.4, -0.2) is 76.3 Å². The van der Waals surface area contributed by atoms with Crippen LogP contribution >= 0.6 is 0 Å². The predicted molar refractivity (Wildman–Crippen MR) is 184 cm³/mol. The van der Waals surface area contributed by atoms with E-state index in [1.165, 1.54) is 37.7 Å². The van der Waals surface area contributed by atoms with Crippen LogP contribution in [0, 0.1) is 46.3 Å². The molecule has 256 valence electrons. The minimum absolute atomic E-state index is 0.140. The summed E-state index contributed by atoms with van der Waals surface area (Å²) in [7, 11) is 2.26. The normalized spacial score (nSPS) is 38.5. The smallest absolute Gasteiger partial charge is 0.0637 e. The van der Waals surface area contributed by atoms with Gasteiger partial charge in [-0.2, -0.15) is 0 Å². The molecule has 0 saturated heterocycles. The van der Waals surface area contributed by atoms with Gasteiger partial charge in [0.25, 0.3) is 0 Å². The maximum absolute atomic E-state index is 6.87. The highest BCUT2D eigenvalue weighted by Gasteiger charge is 2.66. The van der Waals surface area contributed by atoms with Crippen LogP contribution in [0.1, 0.15) is 84.1 Å². The van der Waals surface area contributed by atoms with Crippen molar-refractivity contribution >= 4 is 0 Å². The Morgan fingerprint density at radius 2 is 1.58 bits per heavy atom. The summed E-state index contributed by atoms with van der Waals surface area (Å²) in [6.45, 7) is 13.6. The molecule has 4 fully saturated rings. The first-order valence-corrected chi connectivity index (χ1v) is 18.4. The van der Waals surface area contributed by atoms with E-state index in [-0.39, 0.29) is 23.0 Å². The predicted octanol–water partition coefficient (Wildman–Crippen LogP) is 5.45. The van der Waals surface area contributed by atoms with Gasteiger partial charge in [0.2, 0.25) is 0 Å². The van der Waals surface area contributed by atoms with Gasteiger partial charge in [-0.25, -0.2) is 0 Å². The van der Waals surface area contributed by atoms with Crippen LogP contribution < -0.4 is 17.2 Å². The molecule has 0 aliphatic heterocycles. The number of nitrogens with two attached hydrogens (primary N) is 3. The number of ether oxygens (including phenoxy) is 3. The van der Waals surface area contributed by atoms with Gasteiger partial charge in [0.15, 0.2) is 0 Å². The Balaban J connectivity index is 1.33. The van der Waals surface area contributed by atoms with Crippen LogP contribution in [0.25, 0.3) is 0 Å². The Kier molecular flexibility index (Phi) is 12.4. The summed E-state index contributed by atoms with van der Waals surface area (Å²) in [6, 6.07) is 10.8. The highest BCUT2D eigenvalue weighted by molar-refractivity contribution is 5.16. The van der Waals surface area contributed by atoms with E-state index in [1.54, 1.807) is 0 Å². The zero-order chi connectivity index (χ0) is 32.0. The van der Waals surface area contributed by atoms with Crippen LogP contribution in [0.4, 0.5) is 0 Å². The molecule has 1 aromatic rings. The minimum atomic E-state index is 0.140. The van der Waals surface area contributed by atoms with Crippen molar-refractivity contribution in [3.8, 4) is 0 Å². The molecule has 0 aromatic heterocycles. The summed E-state index contributed by atoms with van der Waals surface area (Å²) in [5.74, 6) is 3.69. The van der Waals surface area contributed by atoms with E-state index in [1.807, 2.05) is 0 Å². The Bertz CT molecular complexity index is 1030. The van der Waals surface area contributed by atoms with Gasteiger partial charge in [-0.15, -0.1) is 0 Å².